The van der Waals surface area contributed by atoms with E-state index in [9.17, 15) is 0 Å². The van der Waals surface area contributed by atoms with Crippen molar-refractivity contribution in [3.8, 4) is 0 Å². The molecule has 1 atom stereocenters. The van der Waals surface area contributed by atoms with Crippen molar-refractivity contribution in [3.05, 3.63) is 94.4 Å². The maximum atomic E-state index is 4.17. The molecule has 2 heterocycles. The van der Waals surface area contributed by atoms with E-state index in [1.54, 1.807) is 0 Å². The second-order valence-corrected chi connectivity index (χ2v) is 6.90. The minimum atomic E-state index is 0.0258. The summed E-state index contributed by atoms with van der Waals surface area (Å²) in [6.07, 6.45) is 3.68. The summed E-state index contributed by atoms with van der Waals surface area (Å²) in [7, 11) is 0. The minimum absolute atomic E-state index is 0.0258. The topological polar surface area (TPSA) is 40.7 Å². The van der Waals surface area contributed by atoms with Gasteiger partial charge in [-0.25, -0.2) is 0 Å². The fraction of sp³-hybridized carbons (Fsp3) is 0.0952. The molecule has 0 unspecified atom stereocenters. The number of H-pyrrole nitrogens is 1. The van der Waals surface area contributed by atoms with Crippen molar-refractivity contribution in [2.75, 3.05) is 5.32 Å². The number of nitrogens with zero attached hydrogens (tertiary/aromatic N) is 1. The summed E-state index contributed by atoms with van der Waals surface area (Å²) >= 11 is 3.65. The van der Waals surface area contributed by atoms with E-state index in [1.165, 1.54) is 22.2 Å². The van der Waals surface area contributed by atoms with Crippen LogP contribution >= 0.6 is 15.9 Å². The molecule has 0 saturated heterocycles. The second kappa shape index (κ2) is 6.73. The third-order valence-corrected chi connectivity index (χ3v) is 5.14. The standard InChI is InChI=1S/C21H18BrN3/c1-14-20(16-6-2-4-8-18(16)24-14)21(15-10-12-23-13-11-15)25-19-9-5-3-7-17(19)22/h2-13,21,24-25H,1H3/t21-/m1/s1. The van der Waals surface area contributed by atoms with Crippen LogP contribution in [0.4, 0.5) is 5.69 Å². The predicted octanol–water partition coefficient (Wildman–Crippen LogP) is 5.84. The Morgan fingerprint density at radius 3 is 2.48 bits per heavy atom. The lowest BCUT2D eigenvalue weighted by Crippen LogP contribution is -2.13. The van der Waals surface area contributed by atoms with Gasteiger partial charge in [-0.15, -0.1) is 0 Å². The van der Waals surface area contributed by atoms with Gasteiger partial charge in [0.15, 0.2) is 0 Å². The van der Waals surface area contributed by atoms with Gasteiger partial charge >= 0.3 is 0 Å². The number of benzene rings is 2. The van der Waals surface area contributed by atoms with Crippen LogP contribution in [-0.4, -0.2) is 9.97 Å². The van der Waals surface area contributed by atoms with Crippen LogP contribution < -0.4 is 5.32 Å². The first-order valence-electron chi connectivity index (χ1n) is 8.22. The average molecular weight is 392 g/mol. The molecule has 4 aromatic rings. The molecule has 0 bridgehead atoms. The number of hydrogen-bond acceptors (Lipinski definition) is 2. The Balaban J connectivity index is 1.88. The lowest BCUT2D eigenvalue weighted by Gasteiger charge is -2.22. The minimum Gasteiger partial charge on any atom is -0.373 e. The zero-order valence-electron chi connectivity index (χ0n) is 13.8. The van der Waals surface area contributed by atoms with Crippen LogP contribution in [0.25, 0.3) is 10.9 Å². The van der Waals surface area contributed by atoms with E-state index >= 15 is 0 Å². The Morgan fingerprint density at radius 1 is 0.960 bits per heavy atom. The molecule has 3 nitrogen and oxygen atoms in total. The van der Waals surface area contributed by atoms with Crippen LogP contribution in [0.15, 0.2) is 77.5 Å². The van der Waals surface area contributed by atoms with E-state index in [2.05, 4.69) is 80.6 Å². The van der Waals surface area contributed by atoms with Crippen molar-refractivity contribution in [1.29, 1.82) is 0 Å². The Bertz CT molecular complexity index is 1010. The Kier molecular flexibility index (Phi) is 4.28. The summed E-state index contributed by atoms with van der Waals surface area (Å²) in [5.41, 5.74) is 5.83. The highest BCUT2D eigenvalue weighted by Gasteiger charge is 2.21. The summed E-state index contributed by atoms with van der Waals surface area (Å²) < 4.78 is 1.05. The number of fused-ring (bicyclic) bond motifs is 1. The number of hydrogen-bond donors (Lipinski definition) is 2. The molecule has 2 aromatic heterocycles. The molecule has 0 fully saturated rings. The van der Waals surface area contributed by atoms with Gasteiger partial charge in [-0.3, -0.25) is 4.98 Å². The number of nitrogens with one attached hydrogen (secondary N) is 2. The molecular weight excluding hydrogens is 374 g/mol. The van der Waals surface area contributed by atoms with Crippen molar-refractivity contribution >= 4 is 32.5 Å². The van der Waals surface area contributed by atoms with Gasteiger partial charge in [-0.1, -0.05) is 30.3 Å². The molecule has 0 aliphatic carbocycles. The summed E-state index contributed by atoms with van der Waals surface area (Å²) in [5, 5.41) is 4.94. The van der Waals surface area contributed by atoms with E-state index in [-0.39, 0.29) is 6.04 Å². The maximum absolute atomic E-state index is 4.17. The fourth-order valence-corrected chi connectivity index (χ4v) is 3.68. The molecule has 2 aromatic carbocycles. The van der Waals surface area contributed by atoms with Crippen LogP contribution in [0.1, 0.15) is 22.9 Å². The number of para-hydroxylation sites is 2. The van der Waals surface area contributed by atoms with Gasteiger partial charge in [-0.2, -0.15) is 0 Å². The van der Waals surface area contributed by atoms with Crippen LogP contribution in [0.2, 0.25) is 0 Å². The van der Waals surface area contributed by atoms with E-state index in [1.807, 2.05) is 30.6 Å². The second-order valence-electron chi connectivity index (χ2n) is 6.05. The van der Waals surface area contributed by atoms with Gasteiger partial charge in [0.1, 0.15) is 0 Å². The van der Waals surface area contributed by atoms with Crippen LogP contribution in [-0.2, 0) is 0 Å². The van der Waals surface area contributed by atoms with E-state index < -0.39 is 0 Å². The average Bonchev–Trinajstić information content (AvgIpc) is 2.97. The predicted molar refractivity (Wildman–Crippen MR) is 107 cm³/mol. The number of aryl methyl sites for hydroxylation is 1. The van der Waals surface area contributed by atoms with Crippen molar-refractivity contribution in [1.82, 2.24) is 9.97 Å². The molecule has 0 amide bonds. The Morgan fingerprint density at radius 2 is 1.68 bits per heavy atom. The van der Waals surface area contributed by atoms with Crippen LogP contribution in [0.3, 0.4) is 0 Å². The lowest BCUT2D eigenvalue weighted by atomic mass is 9.96. The number of anilines is 1. The summed E-state index contributed by atoms with van der Waals surface area (Å²) in [4.78, 5) is 7.68. The van der Waals surface area contributed by atoms with Crippen LogP contribution in [0, 0.1) is 6.92 Å². The lowest BCUT2D eigenvalue weighted by molar-refractivity contribution is 0.927. The van der Waals surface area contributed by atoms with Crippen LogP contribution in [0.5, 0.6) is 0 Å². The van der Waals surface area contributed by atoms with E-state index in [4.69, 9.17) is 0 Å². The molecule has 124 valence electrons. The molecule has 2 N–H and O–H groups in total. The number of aromatic amines is 1. The fourth-order valence-electron chi connectivity index (χ4n) is 3.28. The zero-order chi connectivity index (χ0) is 17.2. The first kappa shape index (κ1) is 15.9. The summed E-state index contributed by atoms with van der Waals surface area (Å²) in [5.74, 6) is 0. The molecule has 0 aliphatic rings. The summed E-state index contributed by atoms with van der Waals surface area (Å²) in [6, 6.07) is 20.8. The van der Waals surface area contributed by atoms with Gasteiger partial charge in [0.25, 0.3) is 0 Å². The highest BCUT2D eigenvalue weighted by molar-refractivity contribution is 9.10. The normalized spacial score (nSPS) is 12.2. The third kappa shape index (κ3) is 3.05. The molecule has 0 aliphatic heterocycles. The van der Waals surface area contributed by atoms with Gasteiger partial charge < -0.3 is 10.3 Å². The van der Waals surface area contributed by atoms with E-state index in [0.29, 0.717) is 0 Å². The molecule has 4 rings (SSSR count). The number of halogens is 1. The largest absolute Gasteiger partial charge is 0.373 e. The molecule has 25 heavy (non-hydrogen) atoms. The van der Waals surface area contributed by atoms with Crippen molar-refractivity contribution in [2.24, 2.45) is 0 Å². The summed E-state index contributed by atoms with van der Waals surface area (Å²) in [6.45, 7) is 2.13. The zero-order valence-corrected chi connectivity index (χ0v) is 15.4. The van der Waals surface area contributed by atoms with Gasteiger partial charge in [-0.05, 0) is 58.7 Å². The number of aromatic nitrogens is 2. The monoisotopic (exact) mass is 391 g/mol. The van der Waals surface area contributed by atoms with E-state index in [0.717, 1.165) is 15.7 Å². The molecule has 0 radical (unpaired) electrons. The van der Waals surface area contributed by atoms with Crippen molar-refractivity contribution < 1.29 is 0 Å². The number of pyridine rings is 1. The smallest absolute Gasteiger partial charge is 0.0792 e. The molecular formula is C21H18BrN3. The number of rotatable bonds is 4. The molecule has 0 spiro atoms. The third-order valence-electron chi connectivity index (χ3n) is 4.45. The highest BCUT2D eigenvalue weighted by Crippen LogP contribution is 2.35. The Labute approximate surface area is 155 Å². The van der Waals surface area contributed by atoms with Crippen molar-refractivity contribution in [2.45, 2.75) is 13.0 Å². The first-order valence-corrected chi connectivity index (χ1v) is 9.01. The van der Waals surface area contributed by atoms with Gasteiger partial charge in [0, 0.05) is 44.7 Å². The van der Waals surface area contributed by atoms with Gasteiger partial charge in [0.05, 0.1) is 6.04 Å². The van der Waals surface area contributed by atoms with Crippen molar-refractivity contribution in [3.63, 3.8) is 0 Å². The first-order chi connectivity index (χ1) is 12.2. The quantitative estimate of drug-likeness (QED) is 0.458. The maximum Gasteiger partial charge on any atom is 0.0792 e. The van der Waals surface area contributed by atoms with Gasteiger partial charge in [0.2, 0.25) is 0 Å². The highest BCUT2D eigenvalue weighted by atomic mass is 79.9. The molecule has 4 heteroatoms. The molecule has 0 saturated carbocycles. The Hall–Kier alpha value is -2.59. The SMILES string of the molecule is Cc1[nH]c2ccccc2c1[C@H](Nc1ccccc1Br)c1ccncc1.